The summed E-state index contributed by atoms with van der Waals surface area (Å²) in [5, 5.41) is 3.86. The zero-order valence-electron chi connectivity index (χ0n) is 14.3. The van der Waals surface area contributed by atoms with Crippen molar-refractivity contribution < 1.29 is 4.79 Å². The van der Waals surface area contributed by atoms with Crippen molar-refractivity contribution in [1.29, 1.82) is 0 Å². The maximum atomic E-state index is 12.9. The summed E-state index contributed by atoms with van der Waals surface area (Å²) in [5.41, 5.74) is 3.31. The summed E-state index contributed by atoms with van der Waals surface area (Å²) in [5.74, 6) is -0.102. The summed E-state index contributed by atoms with van der Waals surface area (Å²) < 4.78 is 0. The van der Waals surface area contributed by atoms with Crippen molar-refractivity contribution in [2.75, 3.05) is 0 Å². The smallest absolute Gasteiger partial charge is 0.252 e. The van der Waals surface area contributed by atoms with E-state index in [1.165, 1.54) is 4.88 Å². The van der Waals surface area contributed by atoms with Crippen molar-refractivity contribution >= 4 is 28.1 Å². The Hall–Kier alpha value is -3.05. The molecule has 0 aliphatic rings. The quantitative estimate of drug-likeness (QED) is 0.579. The van der Waals surface area contributed by atoms with Gasteiger partial charge < -0.3 is 5.32 Å². The number of rotatable bonds is 4. The first-order valence-corrected chi connectivity index (χ1v) is 9.16. The van der Waals surface area contributed by atoms with Crippen LogP contribution in [0.3, 0.4) is 0 Å². The Morgan fingerprint density at radius 1 is 1.08 bits per heavy atom. The third-order valence-electron chi connectivity index (χ3n) is 4.16. The molecule has 3 heterocycles. The van der Waals surface area contributed by atoms with Gasteiger partial charge in [0.05, 0.1) is 21.7 Å². The Balaban J connectivity index is 1.71. The lowest BCUT2D eigenvalue weighted by Crippen LogP contribution is -2.23. The highest BCUT2D eigenvalue weighted by molar-refractivity contribution is 7.15. The number of carbonyl (C=O) groups excluding carboxylic acids is 1. The molecule has 4 aromatic rings. The lowest BCUT2D eigenvalue weighted by molar-refractivity contribution is 0.0952. The second kappa shape index (κ2) is 7.06. The molecule has 1 aromatic carbocycles. The number of aryl methyl sites for hydroxylation is 1. The first kappa shape index (κ1) is 16.4. The van der Waals surface area contributed by atoms with E-state index in [2.05, 4.69) is 29.4 Å². The van der Waals surface area contributed by atoms with E-state index in [0.717, 1.165) is 27.0 Å². The molecule has 5 heteroatoms. The van der Waals surface area contributed by atoms with Crippen molar-refractivity contribution in [2.24, 2.45) is 0 Å². The van der Waals surface area contributed by atoms with E-state index < -0.39 is 0 Å². The second-order valence-corrected chi connectivity index (χ2v) is 7.31. The van der Waals surface area contributed by atoms with E-state index in [-0.39, 0.29) is 5.91 Å². The summed E-state index contributed by atoms with van der Waals surface area (Å²) >= 11 is 1.68. The van der Waals surface area contributed by atoms with E-state index in [1.807, 2.05) is 42.5 Å². The zero-order chi connectivity index (χ0) is 17.9. The van der Waals surface area contributed by atoms with Crippen LogP contribution in [0.15, 0.2) is 67.0 Å². The molecule has 0 aliphatic heterocycles. The normalized spacial score (nSPS) is 10.8. The van der Waals surface area contributed by atoms with Gasteiger partial charge in [0.15, 0.2) is 0 Å². The summed E-state index contributed by atoms with van der Waals surface area (Å²) in [7, 11) is 0. The van der Waals surface area contributed by atoms with E-state index >= 15 is 0 Å². The predicted octanol–water partition coefficient (Wildman–Crippen LogP) is 4.60. The Morgan fingerprint density at radius 2 is 1.88 bits per heavy atom. The lowest BCUT2D eigenvalue weighted by Gasteiger charge is -2.10. The van der Waals surface area contributed by atoms with Gasteiger partial charge in [-0.3, -0.25) is 9.78 Å². The van der Waals surface area contributed by atoms with Crippen molar-refractivity contribution in [3.8, 4) is 10.6 Å². The first-order valence-electron chi connectivity index (χ1n) is 8.34. The molecule has 0 aliphatic carbocycles. The highest BCUT2D eigenvalue weighted by Crippen LogP contribution is 2.29. The number of para-hydroxylation sites is 1. The molecule has 0 fully saturated rings. The molecule has 1 amide bonds. The van der Waals surface area contributed by atoms with Crippen LogP contribution in [0.1, 0.15) is 20.8 Å². The van der Waals surface area contributed by atoms with Gasteiger partial charge in [-0.15, -0.1) is 11.3 Å². The third kappa shape index (κ3) is 3.34. The Bertz CT molecular complexity index is 1070. The van der Waals surface area contributed by atoms with E-state index in [9.17, 15) is 4.79 Å². The average Bonchev–Trinajstić information content (AvgIpc) is 3.12. The van der Waals surface area contributed by atoms with Gasteiger partial charge in [-0.2, -0.15) is 0 Å². The number of aromatic nitrogens is 2. The SMILES string of the molecule is Cc1ccc(-c2cc(C(=O)NCc3ccncc3)c3ccccc3n2)s1. The highest BCUT2D eigenvalue weighted by Gasteiger charge is 2.14. The van der Waals surface area contributed by atoms with Crippen LogP contribution in [-0.4, -0.2) is 15.9 Å². The highest BCUT2D eigenvalue weighted by atomic mass is 32.1. The Morgan fingerprint density at radius 3 is 2.65 bits per heavy atom. The molecule has 0 saturated heterocycles. The molecule has 4 rings (SSSR count). The van der Waals surface area contributed by atoms with Crippen molar-refractivity contribution in [2.45, 2.75) is 13.5 Å². The van der Waals surface area contributed by atoms with Crippen LogP contribution in [0.4, 0.5) is 0 Å². The maximum absolute atomic E-state index is 12.9. The molecule has 0 bridgehead atoms. The van der Waals surface area contributed by atoms with Crippen molar-refractivity contribution in [3.05, 3.63) is 83.0 Å². The van der Waals surface area contributed by atoms with Crippen molar-refractivity contribution in [1.82, 2.24) is 15.3 Å². The van der Waals surface area contributed by atoms with Gasteiger partial charge in [0.1, 0.15) is 0 Å². The number of nitrogens with zero attached hydrogens (tertiary/aromatic N) is 2. The zero-order valence-corrected chi connectivity index (χ0v) is 15.1. The molecule has 0 atom stereocenters. The summed E-state index contributed by atoms with van der Waals surface area (Å²) in [6.07, 6.45) is 3.45. The van der Waals surface area contributed by atoms with Gasteiger partial charge in [-0.05, 0) is 48.9 Å². The largest absolute Gasteiger partial charge is 0.348 e. The molecule has 4 nitrogen and oxygen atoms in total. The summed E-state index contributed by atoms with van der Waals surface area (Å²) in [4.78, 5) is 23.9. The van der Waals surface area contributed by atoms with Crippen molar-refractivity contribution in [3.63, 3.8) is 0 Å². The van der Waals surface area contributed by atoms with Gasteiger partial charge in [0.25, 0.3) is 5.91 Å². The van der Waals surface area contributed by atoms with Gasteiger partial charge >= 0.3 is 0 Å². The van der Waals surface area contributed by atoms with Crippen LogP contribution in [-0.2, 0) is 6.54 Å². The number of benzene rings is 1. The van der Waals surface area contributed by atoms with Crippen LogP contribution in [0.5, 0.6) is 0 Å². The number of fused-ring (bicyclic) bond motifs is 1. The molecule has 1 N–H and O–H groups in total. The number of carbonyl (C=O) groups is 1. The fourth-order valence-electron chi connectivity index (χ4n) is 2.84. The van der Waals surface area contributed by atoms with Gasteiger partial charge in [-0.1, -0.05) is 18.2 Å². The summed E-state index contributed by atoms with van der Waals surface area (Å²) in [6.45, 7) is 2.53. The van der Waals surface area contributed by atoms with E-state index in [1.54, 1.807) is 23.7 Å². The number of amides is 1. The molecule has 0 radical (unpaired) electrons. The standard InChI is InChI=1S/C21H17N3OS/c1-14-6-7-20(26-14)19-12-17(16-4-2-3-5-18(16)24-19)21(25)23-13-15-8-10-22-11-9-15/h2-12H,13H2,1H3,(H,23,25). The average molecular weight is 359 g/mol. The number of thiophene rings is 1. The predicted molar refractivity (Wildman–Crippen MR) is 105 cm³/mol. The Kier molecular flexibility index (Phi) is 4.46. The number of hydrogen-bond acceptors (Lipinski definition) is 4. The molecule has 26 heavy (non-hydrogen) atoms. The minimum atomic E-state index is -0.102. The second-order valence-electron chi connectivity index (χ2n) is 6.02. The van der Waals surface area contributed by atoms with E-state index in [4.69, 9.17) is 4.98 Å². The molecule has 3 aromatic heterocycles. The first-order chi connectivity index (χ1) is 12.7. The number of nitrogens with one attached hydrogen (secondary N) is 1. The minimum Gasteiger partial charge on any atom is -0.348 e. The monoisotopic (exact) mass is 359 g/mol. The maximum Gasteiger partial charge on any atom is 0.252 e. The third-order valence-corrected chi connectivity index (χ3v) is 5.18. The molecule has 0 spiro atoms. The van der Waals surface area contributed by atoms with Gasteiger partial charge in [0, 0.05) is 29.2 Å². The molecule has 0 saturated carbocycles. The van der Waals surface area contributed by atoms with Crippen LogP contribution in [0, 0.1) is 6.92 Å². The van der Waals surface area contributed by atoms with Crippen LogP contribution < -0.4 is 5.32 Å². The molecular weight excluding hydrogens is 342 g/mol. The fraction of sp³-hybridized carbons (Fsp3) is 0.0952. The molecule has 128 valence electrons. The number of hydrogen-bond donors (Lipinski definition) is 1. The minimum absolute atomic E-state index is 0.102. The van der Waals surface area contributed by atoms with E-state index in [0.29, 0.717) is 12.1 Å². The van der Waals surface area contributed by atoms with Crippen LogP contribution in [0.25, 0.3) is 21.5 Å². The van der Waals surface area contributed by atoms with Crippen LogP contribution >= 0.6 is 11.3 Å². The van der Waals surface area contributed by atoms with Crippen LogP contribution in [0.2, 0.25) is 0 Å². The molecular formula is C21H17N3OS. The number of pyridine rings is 2. The Labute approximate surface area is 155 Å². The lowest BCUT2D eigenvalue weighted by atomic mass is 10.1. The topological polar surface area (TPSA) is 54.9 Å². The van der Waals surface area contributed by atoms with Gasteiger partial charge in [0.2, 0.25) is 0 Å². The fourth-order valence-corrected chi connectivity index (χ4v) is 3.67. The van der Waals surface area contributed by atoms with Gasteiger partial charge in [-0.25, -0.2) is 4.98 Å². The summed E-state index contributed by atoms with van der Waals surface area (Å²) in [6, 6.07) is 17.5. The molecule has 0 unspecified atom stereocenters.